The molecule has 0 fully saturated rings. The van der Waals surface area contributed by atoms with Crippen LogP contribution in [-0.2, 0) is 17.5 Å². The van der Waals surface area contributed by atoms with Gasteiger partial charge in [0.2, 0.25) is 5.91 Å². The van der Waals surface area contributed by atoms with Crippen molar-refractivity contribution in [1.82, 2.24) is 14.8 Å². The van der Waals surface area contributed by atoms with Crippen molar-refractivity contribution in [3.8, 4) is 11.1 Å². The van der Waals surface area contributed by atoms with Crippen LogP contribution in [0.1, 0.15) is 27.5 Å². The van der Waals surface area contributed by atoms with E-state index in [-0.39, 0.29) is 39.3 Å². The molecule has 3 aromatic heterocycles. The van der Waals surface area contributed by atoms with Crippen molar-refractivity contribution in [2.45, 2.75) is 26.1 Å². The molecule has 7 nitrogen and oxygen atoms in total. The summed E-state index contributed by atoms with van der Waals surface area (Å²) in [5, 5.41) is 7.11. The van der Waals surface area contributed by atoms with E-state index in [0.29, 0.717) is 16.9 Å². The summed E-state index contributed by atoms with van der Waals surface area (Å²) in [6, 6.07) is 11.1. The monoisotopic (exact) mass is 473 g/mol. The van der Waals surface area contributed by atoms with Crippen LogP contribution in [-0.4, -0.2) is 26.6 Å². The normalized spacial score (nSPS) is 11.6. The molecule has 0 aliphatic rings. The molecule has 0 unspecified atom stereocenters. The number of amides is 2. The smallest absolute Gasteiger partial charge is 0.365 e. The van der Waals surface area contributed by atoms with Crippen LogP contribution < -0.4 is 11.1 Å². The van der Waals surface area contributed by atoms with Gasteiger partial charge >= 0.3 is 6.18 Å². The van der Waals surface area contributed by atoms with Gasteiger partial charge < -0.3 is 11.1 Å². The topological polar surface area (TPSA) is 103 Å². The first-order valence-corrected chi connectivity index (χ1v) is 10.6. The number of aryl methyl sites for hydroxylation is 2. The van der Waals surface area contributed by atoms with Gasteiger partial charge in [-0.1, -0.05) is 30.3 Å². The van der Waals surface area contributed by atoms with Gasteiger partial charge in [-0.25, -0.2) is 4.98 Å². The zero-order valence-electron chi connectivity index (χ0n) is 17.3. The van der Waals surface area contributed by atoms with Gasteiger partial charge in [0, 0.05) is 24.5 Å². The highest BCUT2D eigenvalue weighted by molar-refractivity contribution is 7.21. The van der Waals surface area contributed by atoms with E-state index in [1.807, 2.05) is 6.92 Å². The minimum Gasteiger partial charge on any atom is -0.365 e. The summed E-state index contributed by atoms with van der Waals surface area (Å²) in [5.41, 5.74) is 5.92. The van der Waals surface area contributed by atoms with Gasteiger partial charge in [-0.2, -0.15) is 18.3 Å². The molecule has 3 heterocycles. The Kier molecular flexibility index (Phi) is 5.90. The number of hydrogen-bond acceptors (Lipinski definition) is 5. The number of thiophene rings is 1. The predicted molar refractivity (Wildman–Crippen MR) is 119 cm³/mol. The number of nitrogens with one attached hydrogen (secondary N) is 1. The number of hydrogen-bond donors (Lipinski definition) is 2. The number of anilines is 1. The van der Waals surface area contributed by atoms with E-state index < -0.39 is 23.7 Å². The molecule has 0 bridgehead atoms. The van der Waals surface area contributed by atoms with Crippen molar-refractivity contribution in [3.05, 3.63) is 64.9 Å². The fraction of sp³-hybridized carbons (Fsp3) is 0.182. The predicted octanol–water partition coefficient (Wildman–Crippen LogP) is 4.61. The Labute approximate surface area is 190 Å². The molecule has 3 N–H and O–H groups in total. The van der Waals surface area contributed by atoms with E-state index >= 15 is 0 Å². The van der Waals surface area contributed by atoms with Crippen LogP contribution in [0.25, 0.3) is 21.3 Å². The van der Waals surface area contributed by atoms with E-state index in [1.54, 1.807) is 47.3 Å². The summed E-state index contributed by atoms with van der Waals surface area (Å²) in [7, 11) is 0. The third-order valence-electron chi connectivity index (χ3n) is 4.87. The summed E-state index contributed by atoms with van der Waals surface area (Å²) >= 11 is 0.713. The zero-order valence-corrected chi connectivity index (χ0v) is 18.1. The van der Waals surface area contributed by atoms with Crippen LogP contribution in [0.2, 0.25) is 0 Å². The molecular formula is C22H18F3N5O2S. The van der Waals surface area contributed by atoms with Gasteiger partial charge in [0.1, 0.15) is 15.4 Å². The highest BCUT2D eigenvalue weighted by atomic mass is 32.1. The lowest BCUT2D eigenvalue weighted by Gasteiger charge is -2.12. The van der Waals surface area contributed by atoms with Gasteiger partial charge in [-0.05, 0) is 30.2 Å². The molecule has 1 aromatic carbocycles. The number of benzene rings is 1. The molecule has 4 rings (SSSR count). The van der Waals surface area contributed by atoms with E-state index in [9.17, 15) is 22.8 Å². The van der Waals surface area contributed by atoms with Crippen LogP contribution in [0.15, 0.2) is 48.7 Å². The number of aromatic nitrogens is 3. The second kappa shape index (κ2) is 8.66. The van der Waals surface area contributed by atoms with Crippen LogP contribution in [0, 0.1) is 6.92 Å². The van der Waals surface area contributed by atoms with Crippen molar-refractivity contribution < 1.29 is 22.8 Å². The molecule has 11 heteroatoms. The Morgan fingerprint density at radius 1 is 1.18 bits per heavy atom. The van der Waals surface area contributed by atoms with Crippen molar-refractivity contribution in [1.29, 1.82) is 0 Å². The van der Waals surface area contributed by atoms with Crippen molar-refractivity contribution in [2.75, 3.05) is 5.32 Å². The maximum atomic E-state index is 13.5. The Morgan fingerprint density at radius 3 is 2.52 bits per heavy atom. The second-order valence-electron chi connectivity index (χ2n) is 7.29. The minimum absolute atomic E-state index is 0.0331. The van der Waals surface area contributed by atoms with Crippen LogP contribution >= 0.6 is 11.3 Å². The lowest BCUT2D eigenvalue weighted by Crippen LogP contribution is -2.18. The number of nitrogens with two attached hydrogens (primary N) is 1. The van der Waals surface area contributed by atoms with Gasteiger partial charge in [0.15, 0.2) is 0 Å². The van der Waals surface area contributed by atoms with Crippen LogP contribution in [0.5, 0.6) is 0 Å². The molecule has 0 aliphatic carbocycles. The average Bonchev–Trinajstić information content (AvgIpc) is 3.35. The summed E-state index contributed by atoms with van der Waals surface area (Å²) < 4.78 is 42.2. The minimum atomic E-state index is -4.69. The molecule has 33 heavy (non-hydrogen) atoms. The molecule has 4 aromatic rings. The van der Waals surface area contributed by atoms with Gasteiger partial charge in [0.05, 0.1) is 11.4 Å². The summed E-state index contributed by atoms with van der Waals surface area (Å²) in [4.78, 5) is 28.4. The molecule has 170 valence electrons. The number of carbonyl (C=O) groups excluding carboxylic acids is 2. The number of fused-ring (bicyclic) bond motifs is 1. The highest BCUT2D eigenvalue weighted by Gasteiger charge is 2.35. The summed E-state index contributed by atoms with van der Waals surface area (Å²) in [6.07, 6.45) is -2.93. The molecular weight excluding hydrogens is 455 g/mol. The van der Waals surface area contributed by atoms with Gasteiger partial charge in [0.25, 0.3) is 5.91 Å². The van der Waals surface area contributed by atoms with Crippen molar-refractivity contribution >= 4 is 39.1 Å². The largest absolute Gasteiger partial charge is 0.433 e. The Morgan fingerprint density at radius 2 is 1.91 bits per heavy atom. The Hall–Kier alpha value is -3.73. The lowest BCUT2D eigenvalue weighted by atomic mass is 10.0. The zero-order chi connectivity index (χ0) is 23.8. The fourth-order valence-electron chi connectivity index (χ4n) is 3.39. The number of pyridine rings is 1. The molecule has 0 radical (unpaired) electrons. The quantitative estimate of drug-likeness (QED) is 0.427. The molecule has 0 atom stereocenters. The van der Waals surface area contributed by atoms with E-state index in [4.69, 9.17) is 5.73 Å². The second-order valence-corrected chi connectivity index (χ2v) is 8.29. The number of carbonyl (C=O) groups is 2. The van der Waals surface area contributed by atoms with Gasteiger partial charge in [-0.15, -0.1) is 11.3 Å². The number of rotatable bonds is 6. The lowest BCUT2D eigenvalue weighted by molar-refractivity contribution is -0.140. The van der Waals surface area contributed by atoms with E-state index in [0.717, 1.165) is 11.8 Å². The maximum absolute atomic E-state index is 13.5. The molecule has 0 aliphatic heterocycles. The molecule has 0 spiro atoms. The van der Waals surface area contributed by atoms with Crippen molar-refractivity contribution in [3.63, 3.8) is 0 Å². The molecule has 0 saturated heterocycles. The average molecular weight is 473 g/mol. The number of halogens is 3. The van der Waals surface area contributed by atoms with Crippen LogP contribution in [0.4, 0.5) is 18.9 Å². The fourth-order valence-corrected chi connectivity index (χ4v) is 4.39. The van der Waals surface area contributed by atoms with Crippen molar-refractivity contribution in [2.24, 2.45) is 5.73 Å². The first kappa shape index (κ1) is 22.5. The third kappa shape index (κ3) is 4.72. The number of nitrogens with zero attached hydrogens (tertiary/aromatic N) is 3. The van der Waals surface area contributed by atoms with Crippen LogP contribution in [0.3, 0.4) is 0 Å². The summed E-state index contributed by atoms with van der Waals surface area (Å²) in [5.74, 6) is -1.31. The van der Waals surface area contributed by atoms with E-state index in [1.165, 1.54) is 0 Å². The Balaban J connectivity index is 1.81. The first-order valence-electron chi connectivity index (χ1n) is 9.83. The number of primary amides is 1. The maximum Gasteiger partial charge on any atom is 0.433 e. The standard InChI is InChI=1S/C22H18F3N5O2S/c1-12-7-9-30(29-12)10-8-16(31)28-18-17-14(13-5-3-2-4-6-13)11-15(22(23,24)25)27-21(17)33-19(18)20(26)32/h2-7,9,11H,8,10H2,1H3,(H2,26,32)(H,28,31). The third-order valence-corrected chi connectivity index (χ3v) is 5.97. The first-order chi connectivity index (χ1) is 15.6. The van der Waals surface area contributed by atoms with E-state index in [2.05, 4.69) is 15.4 Å². The summed E-state index contributed by atoms with van der Waals surface area (Å²) in [6.45, 7) is 2.11. The molecule has 0 saturated carbocycles. The number of alkyl halides is 3. The highest BCUT2D eigenvalue weighted by Crippen LogP contribution is 2.43. The Bertz CT molecular complexity index is 1350. The van der Waals surface area contributed by atoms with Gasteiger partial charge in [-0.3, -0.25) is 14.3 Å². The molecule has 2 amide bonds. The SMILES string of the molecule is Cc1ccn(CCC(=O)Nc2c(C(N)=O)sc3nc(C(F)(F)F)cc(-c4ccccc4)c23)n1.